The minimum atomic E-state index is -5.56. The Morgan fingerprint density at radius 1 is 0.933 bits per heavy atom. The molecule has 3 rings (SSSR count). The van der Waals surface area contributed by atoms with Gasteiger partial charge in [0.2, 0.25) is 5.72 Å². The van der Waals surface area contributed by atoms with Crippen LogP contribution in [0.4, 0.5) is 31.1 Å². The first-order chi connectivity index (χ1) is 13.9. The van der Waals surface area contributed by atoms with E-state index in [1.54, 1.807) is 0 Å². The number of alkyl halides is 6. The van der Waals surface area contributed by atoms with Crippen LogP contribution in [0.2, 0.25) is 0 Å². The Labute approximate surface area is 165 Å². The van der Waals surface area contributed by atoms with Gasteiger partial charge in [0.25, 0.3) is 0 Å². The summed E-state index contributed by atoms with van der Waals surface area (Å²) in [6.45, 7) is 0. The second-order valence-corrected chi connectivity index (χ2v) is 6.63. The van der Waals surface area contributed by atoms with E-state index < -0.39 is 53.0 Å². The number of carbonyl (C=O) groups excluding carboxylic acids is 2. The number of hydrogen-bond acceptors (Lipinski definition) is 3. The number of halogens is 6. The van der Waals surface area contributed by atoms with Crippen LogP contribution < -0.4 is 10.6 Å². The molecule has 5 nitrogen and oxygen atoms in total. The first-order valence-electron chi connectivity index (χ1n) is 8.49. The van der Waals surface area contributed by atoms with Crippen molar-refractivity contribution in [3.63, 3.8) is 0 Å². The summed E-state index contributed by atoms with van der Waals surface area (Å²) < 4.78 is 81.8. The zero-order valence-corrected chi connectivity index (χ0v) is 14.9. The molecule has 1 aliphatic heterocycles. The fourth-order valence-electron chi connectivity index (χ4n) is 3.41. The third-order valence-corrected chi connectivity index (χ3v) is 4.75. The van der Waals surface area contributed by atoms with Crippen molar-refractivity contribution in [2.45, 2.75) is 24.1 Å². The van der Waals surface area contributed by atoms with Gasteiger partial charge in [0.1, 0.15) is 5.92 Å². The van der Waals surface area contributed by atoms with Crippen molar-refractivity contribution in [3.05, 3.63) is 71.3 Å². The number of rotatable bonds is 3. The summed E-state index contributed by atoms with van der Waals surface area (Å²) in [5.41, 5.74) is -6.51. The van der Waals surface area contributed by atoms with Gasteiger partial charge in [-0.15, -0.1) is 0 Å². The van der Waals surface area contributed by atoms with Crippen molar-refractivity contribution in [1.82, 2.24) is 10.6 Å². The molecule has 0 bridgehead atoms. The van der Waals surface area contributed by atoms with Crippen LogP contribution in [-0.2, 0) is 6.18 Å². The molecule has 2 aromatic rings. The molecule has 1 saturated heterocycles. The molecule has 0 unspecified atom stereocenters. The second kappa shape index (κ2) is 7.31. The fraction of sp³-hybridized carbons (Fsp3) is 0.263. The van der Waals surface area contributed by atoms with Gasteiger partial charge in [-0.1, -0.05) is 48.5 Å². The highest BCUT2D eigenvalue weighted by atomic mass is 19.4. The molecule has 0 aliphatic carbocycles. The molecule has 2 amide bonds. The zero-order chi connectivity index (χ0) is 22.3. The van der Waals surface area contributed by atoms with E-state index in [2.05, 4.69) is 0 Å². The largest absolute Gasteiger partial charge is 0.437 e. The predicted octanol–water partition coefficient (Wildman–Crippen LogP) is 3.81. The van der Waals surface area contributed by atoms with E-state index in [9.17, 15) is 41.0 Å². The molecule has 0 saturated carbocycles. The van der Waals surface area contributed by atoms with E-state index in [1.165, 1.54) is 23.5 Å². The number of amides is 2. The number of urea groups is 1. The molecule has 1 fully saturated rings. The van der Waals surface area contributed by atoms with Gasteiger partial charge in [-0.3, -0.25) is 4.79 Å². The van der Waals surface area contributed by atoms with E-state index in [-0.39, 0.29) is 5.56 Å². The molecule has 160 valence electrons. The maximum absolute atomic E-state index is 13.8. The van der Waals surface area contributed by atoms with Gasteiger partial charge in [0.05, 0.1) is 11.6 Å². The van der Waals surface area contributed by atoms with Crippen molar-refractivity contribution in [3.8, 4) is 0 Å². The van der Waals surface area contributed by atoms with E-state index in [0.29, 0.717) is 6.07 Å². The molecule has 2 aromatic carbocycles. The Morgan fingerprint density at radius 2 is 1.50 bits per heavy atom. The molecule has 0 spiro atoms. The van der Waals surface area contributed by atoms with Gasteiger partial charge in [-0.25, -0.2) is 4.79 Å². The van der Waals surface area contributed by atoms with Crippen LogP contribution >= 0.6 is 0 Å². The highest BCUT2D eigenvalue weighted by Gasteiger charge is 2.66. The number of hydrogen-bond donors (Lipinski definition) is 3. The van der Waals surface area contributed by atoms with E-state index in [0.717, 1.165) is 30.3 Å². The van der Waals surface area contributed by atoms with Crippen LogP contribution in [0, 0.1) is 5.92 Å². The molecule has 1 heterocycles. The number of Topliss-reactive ketones (excluding diaryl/α,β-unsaturated/α-hetero) is 1. The minimum absolute atomic E-state index is 0.280. The summed E-state index contributed by atoms with van der Waals surface area (Å²) in [4.78, 5) is 24.9. The third-order valence-electron chi connectivity index (χ3n) is 4.75. The van der Waals surface area contributed by atoms with Crippen molar-refractivity contribution < 1.29 is 41.0 Å². The lowest BCUT2D eigenvalue weighted by molar-refractivity contribution is -0.287. The van der Waals surface area contributed by atoms with Gasteiger partial charge in [0.15, 0.2) is 5.78 Å². The number of nitrogens with one attached hydrogen (secondary N) is 2. The van der Waals surface area contributed by atoms with E-state index in [4.69, 9.17) is 0 Å². The maximum atomic E-state index is 13.8. The molecular formula is C19H14F6N2O3. The Morgan fingerprint density at radius 3 is 2.07 bits per heavy atom. The summed E-state index contributed by atoms with van der Waals surface area (Å²) in [7, 11) is 0. The second-order valence-electron chi connectivity index (χ2n) is 6.63. The fourth-order valence-corrected chi connectivity index (χ4v) is 3.41. The average molecular weight is 432 g/mol. The smallest absolute Gasteiger partial charge is 0.363 e. The minimum Gasteiger partial charge on any atom is -0.363 e. The topological polar surface area (TPSA) is 78.4 Å². The first kappa shape index (κ1) is 21.6. The molecule has 0 aromatic heterocycles. The Bertz CT molecular complexity index is 961. The van der Waals surface area contributed by atoms with Crippen LogP contribution in [0.25, 0.3) is 0 Å². The zero-order valence-electron chi connectivity index (χ0n) is 14.9. The lowest BCUT2D eigenvalue weighted by Crippen LogP contribution is -2.72. The summed E-state index contributed by atoms with van der Waals surface area (Å²) in [5.74, 6) is -3.84. The lowest BCUT2D eigenvalue weighted by Gasteiger charge is -2.45. The van der Waals surface area contributed by atoms with Crippen LogP contribution in [0.1, 0.15) is 27.5 Å². The van der Waals surface area contributed by atoms with Crippen LogP contribution in [0.3, 0.4) is 0 Å². The van der Waals surface area contributed by atoms with Gasteiger partial charge < -0.3 is 15.7 Å². The first-order valence-corrected chi connectivity index (χ1v) is 8.49. The molecule has 1 aliphatic rings. The number of carbonyl (C=O) groups is 2. The highest BCUT2D eigenvalue weighted by molar-refractivity contribution is 6.00. The molecule has 3 atom stereocenters. The average Bonchev–Trinajstić information content (AvgIpc) is 2.66. The molecule has 30 heavy (non-hydrogen) atoms. The predicted molar refractivity (Wildman–Crippen MR) is 91.1 cm³/mol. The quantitative estimate of drug-likeness (QED) is 0.510. The van der Waals surface area contributed by atoms with Gasteiger partial charge >= 0.3 is 18.4 Å². The number of aliphatic hydroxyl groups is 1. The van der Waals surface area contributed by atoms with E-state index in [1.807, 2.05) is 5.32 Å². The van der Waals surface area contributed by atoms with Gasteiger partial charge in [-0.2, -0.15) is 26.3 Å². The van der Waals surface area contributed by atoms with E-state index >= 15 is 0 Å². The summed E-state index contributed by atoms with van der Waals surface area (Å²) >= 11 is 0. The summed E-state index contributed by atoms with van der Waals surface area (Å²) in [5, 5.41) is 13.6. The monoisotopic (exact) mass is 432 g/mol. The van der Waals surface area contributed by atoms with Gasteiger partial charge in [0, 0.05) is 5.56 Å². The SMILES string of the molecule is O=C1N[C@H](c2ccccc2C(F)(F)F)[C@@H](C(=O)c2ccccc2)[C@@](O)(C(F)(F)F)N1. The standard InChI is InChI=1S/C19H14F6N2O3/c20-18(21,22)12-9-5-4-8-11(12)14-13(15(28)10-6-2-1-3-7-10)17(30,19(23,24)25)27-16(29)26-14/h1-9,13-14,30H,(H2,26,27,29)/t13-,14+,17+/m0/s1. The third kappa shape index (κ3) is 3.72. The van der Waals surface area contributed by atoms with Gasteiger partial charge in [-0.05, 0) is 11.6 Å². The van der Waals surface area contributed by atoms with Crippen LogP contribution in [0.15, 0.2) is 54.6 Å². The molecule has 0 radical (unpaired) electrons. The lowest BCUT2D eigenvalue weighted by atomic mass is 9.76. The van der Waals surface area contributed by atoms with Crippen molar-refractivity contribution >= 4 is 11.8 Å². The van der Waals surface area contributed by atoms with Crippen LogP contribution in [-0.4, -0.2) is 28.8 Å². The van der Waals surface area contributed by atoms with Crippen molar-refractivity contribution in [2.75, 3.05) is 0 Å². The Hall–Kier alpha value is -3.08. The van der Waals surface area contributed by atoms with Crippen LogP contribution in [0.5, 0.6) is 0 Å². The van der Waals surface area contributed by atoms with Crippen molar-refractivity contribution in [2.24, 2.45) is 5.92 Å². The Balaban J connectivity index is 2.25. The summed E-state index contributed by atoms with van der Waals surface area (Å²) in [6.07, 6.45) is -10.5. The maximum Gasteiger partial charge on any atom is 0.437 e. The highest BCUT2D eigenvalue weighted by Crippen LogP contribution is 2.46. The molecular weight excluding hydrogens is 418 g/mol. The number of ketones is 1. The Kier molecular flexibility index (Phi) is 5.27. The number of benzene rings is 2. The van der Waals surface area contributed by atoms with Crippen molar-refractivity contribution in [1.29, 1.82) is 0 Å². The normalized spacial score (nSPS) is 24.7. The molecule has 11 heteroatoms. The summed E-state index contributed by atoms with van der Waals surface area (Å²) in [6, 6.07) is 6.37. The molecule has 3 N–H and O–H groups in total.